The van der Waals surface area contributed by atoms with Gasteiger partial charge >= 0.3 is 18.4 Å². The van der Waals surface area contributed by atoms with Gasteiger partial charge in [-0.05, 0) is 46.2 Å². The summed E-state index contributed by atoms with van der Waals surface area (Å²) in [5.41, 5.74) is -0.572. The fourth-order valence-corrected chi connectivity index (χ4v) is 3.57. The van der Waals surface area contributed by atoms with Crippen LogP contribution in [0.1, 0.15) is 16.7 Å². The van der Waals surface area contributed by atoms with E-state index in [0.29, 0.717) is 10.5 Å². The highest BCUT2D eigenvalue weighted by Gasteiger charge is 2.31. The number of alkyl halides is 3. The number of halogens is 3. The molecule has 4 rings (SSSR count). The molecule has 0 spiro atoms. The molecule has 0 saturated carbocycles. The molecule has 0 saturated heterocycles. The summed E-state index contributed by atoms with van der Waals surface area (Å²) in [6.45, 7) is -0.665. The van der Waals surface area contributed by atoms with Crippen molar-refractivity contribution in [1.29, 1.82) is 0 Å². The number of hydrogen-bond donors (Lipinski definition) is 0. The number of nitrogens with zero attached hydrogens (tertiary/aromatic N) is 2. The van der Waals surface area contributed by atoms with Crippen molar-refractivity contribution in [3.63, 3.8) is 0 Å². The molecule has 0 aliphatic rings. The maximum Gasteiger partial charge on any atom is 0.424 e. The van der Waals surface area contributed by atoms with Crippen LogP contribution in [0.3, 0.4) is 0 Å². The van der Waals surface area contributed by atoms with E-state index in [1.54, 1.807) is 6.07 Å². The van der Waals surface area contributed by atoms with E-state index >= 15 is 0 Å². The quantitative estimate of drug-likeness (QED) is 0.195. The standard InChI is InChI=1S/C27H19F3N2O6/c28-27(29,30)22-12-9-18(10-13-22)16-37-25(33)31(23-6-3-7-24(15-23)32(35)36)26(34)38-17-19-8-11-20-4-1-2-5-21(20)14-19/h1-15H,16-17H2. The molecule has 11 heteroatoms. The molecule has 0 radical (unpaired) electrons. The Balaban J connectivity index is 1.52. The third-order valence-electron chi connectivity index (χ3n) is 5.48. The lowest BCUT2D eigenvalue weighted by Gasteiger charge is -2.20. The smallest absolute Gasteiger partial charge is 0.424 e. The topological polar surface area (TPSA) is 99.0 Å². The van der Waals surface area contributed by atoms with Crippen molar-refractivity contribution in [1.82, 2.24) is 0 Å². The zero-order chi connectivity index (χ0) is 27.3. The predicted molar refractivity (Wildman–Crippen MR) is 131 cm³/mol. The molecule has 4 aromatic carbocycles. The molecule has 4 aromatic rings. The van der Waals surface area contributed by atoms with E-state index in [4.69, 9.17) is 9.47 Å². The summed E-state index contributed by atoms with van der Waals surface area (Å²) in [6.07, 6.45) is -6.91. The van der Waals surface area contributed by atoms with Crippen molar-refractivity contribution >= 4 is 34.3 Å². The van der Waals surface area contributed by atoms with Crippen LogP contribution < -0.4 is 4.90 Å². The summed E-state index contributed by atoms with van der Waals surface area (Å²) in [5, 5.41) is 13.1. The lowest BCUT2D eigenvalue weighted by atomic mass is 10.1. The van der Waals surface area contributed by atoms with Crippen LogP contribution in [0.15, 0.2) is 91.0 Å². The summed E-state index contributed by atoms with van der Waals surface area (Å²) in [7, 11) is 0. The third-order valence-corrected chi connectivity index (χ3v) is 5.48. The molecule has 0 fully saturated rings. The number of amides is 2. The average Bonchev–Trinajstić information content (AvgIpc) is 2.90. The second-order valence-corrected chi connectivity index (χ2v) is 8.10. The zero-order valence-corrected chi connectivity index (χ0v) is 19.6. The van der Waals surface area contributed by atoms with Crippen LogP contribution in [0, 0.1) is 10.1 Å². The van der Waals surface area contributed by atoms with Gasteiger partial charge in [0.1, 0.15) is 13.2 Å². The normalized spacial score (nSPS) is 11.1. The van der Waals surface area contributed by atoms with Gasteiger partial charge in [-0.15, -0.1) is 0 Å². The fraction of sp³-hybridized carbons (Fsp3) is 0.111. The van der Waals surface area contributed by atoms with Crippen molar-refractivity contribution < 1.29 is 37.2 Å². The minimum atomic E-state index is -4.52. The lowest BCUT2D eigenvalue weighted by molar-refractivity contribution is -0.384. The molecule has 0 heterocycles. The van der Waals surface area contributed by atoms with Crippen LogP contribution in [-0.2, 0) is 28.9 Å². The van der Waals surface area contributed by atoms with Crippen LogP contribution in [0.4, 0.5) is 34.1 Å². The Hall–Kier alpha value is -4.93. The molecule has 0 aliphatic carbocycles. The van der Waals surface area contributed by atoms with Gasteiger partial charge < -0.3 is 9.47 Å². The molecule has 38 heavy (non-hydrogen) atoms. The van der Waals surface area contributed by atoms with E-state index in [1.807, 2.05) is 36.4 Å². The minimum Gasteiger partial charge on any atom is -0.444 e. The van der Waals surface area contributed by atoms with Crippen molar-refractivity contribution in [2.24, 2.45) is 0 Å². The first kappa shape index (κ1) is 26.1. The van der Waals surface area contributed by atoms with Gasteiger partial charge in [0.2, 0.25) is 0 Å². The number of benzene rings is 4. The number of nitro benzene ring substituents is 1. The summed E-state index contributed by atoms with van der Waals surface area (Å²) in [4.78, 5) is 36.9. The molecular weight excluding hydrogens is 505 g/mol. The fourth-order valence-electron chi connectivity index (χ4n) is 3.57. The molecular formula is C27H19F3N2O6. The second-order valence-electron chi connectivity index (χ2n) is 8.10. The zero-order valence-electron chi connectivity index (χ0n) is 19.6. The number of ether oxygens (including phenoxy) is 2. The SMILES string of the molecule is O=C(OCc1ccc(C(F)(F)F)cc1)N(C(=O)OCc1ccc2ccccc2c1)c1cccc([N+](=O)[O-])c1. The van der Waals surface area contributed by atoms with E-state index in [2.05, 4.69) is 0 Å². The Morgan fingerprint density at radius 1 is 0.763 bits per heavy atom. The number of rotatable bonds is 6. The van der Waals surface area contributed by atoms with Crippen molar-refractivity contribution in [3.05, 3.63) is 118 Å². The Morgan fingerprint density at radius 2 is 1.37 bits per heavy atom. The van der Waals surface area contributed by atoms with Crippen LogP contribution in [0.25, 0.3) is 10.8 Å². The highest BCUT2D eigenvalue weighted by atomic mass is 19.4. The van der Waals surface area contributed by atoms with Crippen LogP contribution >= 0.6 is 0 Å². The summed E-state index contributed by atoms with van der Waals surface area (Å²) in [6, 6.07) is 21.6. The third kappa shape index (κ3) is 6.25. The van der Waals surface area contributed by atoms with E-state index in [9.17, 15) is 32.9 Å². The van der Waals surface area contributed by atoms with Gasteiger partial charge in [-0.25, -0.2) is 9.59 Å². The molecule has 8 nitrogen and oxygen atoms in total. The van der Waals surface area contributed by atoms with Gasteiger partial charge in [0.05, 0.1) is 16.2 Å². The average molecular weight is 524 g/mol. The molecule has 0 aliphatic heterocycles. The first-order valence-corrected chi connectivity index (χ1v) is 11.1. The Bertz CT molecular complexity index is 1490. The second kappa shape index (κ2) is 11.0. The van der Waals surface area contributed by atoms with Crippen molar-refractivity contribution in [3.8, 4) is 0 Å². The van der Waals surface area contributed by atoms with Gasteiger partial charge in [0.25, 0.3) is 5.69 Å². The number of imide groups is 1. The van der Waals surface area contributed by atoms with Crippen molar-refractivity contribution in [2.75, 3.05) is 4.90 Å². The molecule has 0 bridgehead atoms. The van der Waals surface area contributed by atoms with E-state index < -0.39 is 35.5 Å². The molecule has 194 valence electrons. The summed E-state index contributed by atoms with van der Waals surface area (Å²) >= 11 is 0. The maximum absolute atomic E-state index is 13.0. The Morgan fingerprint density at radius 3 is 2.00 bits per heavy atom. The molecule has 0 N–H and O–H groups in total. The maximum atomic E-state index is 13.0. The van der Waals surface area contributed by atoms with Gasteiger partial charge in [0, 0.05) is 12.1 Å². The Kier molecular flexibility index (Phi) is 7.56. The molecule has 0 unspecified atom stereocenters. The summed E-state index contributed by atoms with van der Waals surface area (Å²) in [5.74, 6) is 0. The van der Waals surface area contributed by atoms with Gasteiger partial charge in [-0.2, -0.15) is 18.1 Å². The van der Waals surface area contributed by atoms with Gasteiger partial charge in [-0.1, -0.05) is 54.6 Å². The largest absolute Gasteiger partial charge is 0.444 e. The highest BCUT2D eigenvalue weighted by Crippen LogP contribution is 2.29. The number of fused-ring (bicyclic) bond motifs is 1. The highest BCUT2D eigenvalue weighted by molar-refractivity contribution is 6.09. The first-order chi connectivity index (χ1) is 18.1. The number of carbonyl (C=O) groups is 2. The van der Waals surface area contributed by atoms with E-state index in [1.165, 1.54) is 18.2 Å². The number of hydrogen-bond acceptors (Lipinski definition) is 6. The monoisotopic (exact) mass is 524 g/mol. The molecule has 0 aromatic heterocycles. The molecule has 2 amide bonds. The van der Waals surface area contributed by atoms with Crippen molar-refractivity contribution in [2.45, 2.75) is 19.4 Å². The number of non-ortho nitro benzene ring substituents is 1. The first-order valence-electron chi connectivity index (χ1n) is 11.1. The van der Waals surface area contributed by atoms with Crippen LogP contribution in [0.2, 0.25) is 0 Å². The van der Waals surface area contributed by atoms with E-state index in [0.717, 1.165) is 41.1 Å². The number of anilines is 1. The predicted octanol–water partition coefficient (Wildman–Crippen LogP) is 7.25. The Labute approximate surface area is 214 Å². The van der Waals surface area contributed by atoms with Crippen LogP contribution in [0.5, 0.6) is 0 Å². The molecule has 0 atom stereocenters. The number of nitro groups is 1. The summed E-state index contributed by atoms with van der Waals surface area (Å²) < 4.78 is 48.8. The van der Waals surface area contributed by atoms with E-state index in [-0.39, 0.29) is 23.5 Å². The van der Waals surface area contributed by atoms with Gasteiger partial charge in [0.15, 0.2) is 0 Å². The van der Waals surface area contributed by atoms with Gasteiger partial charge in [-0.3, -0.25) is 10.1 Å². The number of carbonyl (C=O) groups excluding carboxylic acids is 2. The van der Waals surface area contributed by atoms with Crippen LogP contribution in [-0.4, -0.2) is 17.1 Å². The lowest BCUT2D eigenvalue weighted by Crippen LogP contribution is -2.37. The minimum absolute atomic E-state index is 0.180.